The van der Waals surface area contributed by atoms with E-state index in [0.717, 1.165) is 68.4 Å². The average molecular weight is 629 g/mol. The summed E-state index contributed by atoms with van der Waals surface area (Å²) in [5, 5.41) is 7.42. The van der Waals surface area contributed by atoms with Crippen molar-refractivity contribution in [1.29, 1.82) is 0 Å². The number of hydrogen-bond acceptors (Lipinski definition) is 6. The molecule has 0 fully saturated rings. The fourth-order valence-corrected chi connectivity index (χ4v) is 4.33. The van der Waals surface area contributed by atoms with Crippen LogP contribution in [-0.2, 0) is 30.2 Å². The molecule has 2 aromatic rings. The molecular weight excluding hydrogens is 575 g/mol. The van der Waals surface area contributed by atoms with Gasteiger partial charge in [-0.1, -0.05) is 43.3 Å². The van der Waals surface area contributed by atoms with Crippen molar-refractivity contribution in [1.82, 2.24) is 4.90 Å². The summed E-state index contributed by atoms with van der Waals surface area (Å²) >= 11 is 0. The maximum atomic E-state index is 13.4. The summed E-state index contributed by atoms with van der Waals surface area (Å²) in [5.74, 6) is -0.280. The fraction of sp³-hybridized carbons (Fsp3) is 0.444. The SMILES string of the molecule is C=C.CC(=O)O.CCCN(CCC(CN(C=O)c1ccccc1)OCC)CC(=C/COCC)/C=C(\Cc1ccc(F)cc1)OC. The molecule has 1 atom stereocenters. The molecule has 0 bridgehead atoms. The number of methoxy groups -OCH3 is 1. The molecule has 0 saturated heterocycles. The van der Waals surface area contributed by atoms with Gasteiger partial charge in [0.15, 0.2) is 0 Å². The Morgan fingerprint density at radius 3 is 2.20 bits per heavy atom. The molecule has 1 unspecified atom stereocenters. The molecule has 0 aliphatic rings. The van der Waals surface area contributed by atoms with E-state index in [1.54, 1.807) is 24.1 Å². The van der Waals surface area contributed by atoms with E-state index in [-0.39, 0.29) is 11.9 Å². The number of amides is 1. The lowest BCUT2D eigenvalue weighted by Gasteiger charge is -2.28. The summed E-state index contributed by atoms with van der Waals surface area (Å²) in [6, 6.07) is 16.2. The molecule has 0 heterocycles. The first-order valence-electron chi connectivity index (χ1n) is 15.3. The van der Waals surface area contributed by atoms with Gasteiger partial charge in [-0.05, 0) is 74.7 Å². The molecule has 2 rings (SSSR count). The molecule has 45 heavy (non-hydrogen) atoms. The average Bonchev–Trinajstić information content (AvgIpc) is 3.04. The number of halogens is 1. The highest BCUT2D eigenvalue weighted by Crippen LogP contribution is 2.16. The Labute approximate surface area is 269 Å². The Morgan fingerprint density at radius 2 is 1.67 bits per heavy atom. The highest BCUT2D eigenvalue weighted by atomic mass is 19.1. The van der Waals surface area contributed by atoms with Gasteiger partial charge in [0.2, 0.25) is 6.41 Å². The van der Waals surface area contributed by atoms with Crippen LogP contribution in [0.1, 0.15) is 46.1 Å². The first kappa shape index (κ1) is 41.2. The summed E-state index contributed by atoms with van der Waals surface area (Å²) in [4.78, 5) is 25.0. The number of anilines is 1. The Bertz CT molecular complexity index is 1100. The minimum Gasteiger partial charge on any atom is -0.501 e. The minimum absolute atomic E-state index is 0.0841. The van der Waals surface area contributed by atoms with Crippen LogP contribution in [0.2, 0.25) is 0 Å². The molecule has 9 heteroatoms. The Hall–Kier alpha value is -3.79. The van der Waals surface area contributed by atoms with Crippen LogP contribution in [0, 0.1) is 5.82 Å². The summed E-state index contributed by atoms with van der Waals surface area (Å²) in [7, 11) is 1.66. The number of nitrogens with zero attached hydrogens (tertiary/aromatic N) is 2. The summed E-state index contributed by atoms with van der Waals surface area (Å²) in [5.41, 5.74) is 2.95. The molecule has 0 aliphatic carbocycles. The van der Waals surface area contributed by atoms with Crippen molar-refractivity contribution in [3.8, 4) is 0 Å². The zero-order valence-electron chi connectivity index (χ0n) is 27.8. The van der Waals surface area contributed by atoms with E-state index in [4.69, 9.17) is 24.1 Å². The molecule has 250 valence electrons. The minimum atomic E-state index is -0.833. The third-order valence-electron chi connectivity index (χ3n) is 6.30. The molecule has 0 radical (unpaired) electrons. The summed E-state index contributed by atoms with van der Waals surface area (Å²) in [6.07, 6.45) is 7.33. The smallest absolute Gasteiger partial charge is 0.300 e. The van der Waals surface area contributed by atoms with Crippen LogP contribution in [0.5, 0.6) is 0 Å². The lowest BCUT2D eigenvalue weighted by molar-refractivity contribution is -0.134. The second kappa shape index (κ2) is 26.6. The van der Waals surface area contributed by atoms with Crippen LogP contribution < -0.4 is 4.90 Å². The molecule has 0 aliphatic heterocycles. The van der Waals surface area contributed by atoms with E-state index < -0.39 is 5.97 Å². The third-order valence-corrected chi connectivity index (χ3v) is 6.30. The van der Waals surface area contributed by atoms with Gasteiger partial charge in [-0.15, -0.1) is 13.2 Å². The molecule has 2 aromatic carbocycles. The largest absolute Gasteiger partial charge is 0.501 e. The number of aliphatic carboxylic acids is 1. The molecule has 1 N–H and O–H groups in total. The Morgan fingerprint density at radius 1 is 1.02 bits per heavy atom. The predicted molar refractivity (Wildman–Crippen MR) is 181 cm³/mol. The van der Waals surface area contributed by atoms with E-state index in [1.807, 2.05) is 44.2 Å². The van der Waals surface area contributed by atoms with Gasteiger partial charge < -0.3 is 24.2 Å². The highest BCUT2D eigenvalue weighted by molar-refractivity contribution is 5.74. The number of para-hydroxylation sites is 1. The molecule has 1 amide bonds. The number of carboxylic acid groups (broad SMARTS) is 1. The monoisotopic (exact) mass is 628 g/mol. The number of carbonyl (C=O) groups is 2. The van der Waals surface area contributed by atoms with Crippen LogP contribution >= 0.6 is 0 Å². The highest BCUT2D eigenvalue weighted by Gasteiger charge is 2.17. The number of rotatable bonds is 20. The van der Waals surface area contributed by atoms with E-state index >= 15 is 0 Å². The van der Waals surface area contributed by atoms with Gasteiger partial charge in [-0.25, -0.2) is 4.39 Å². The lowest BCUT2D eigenvalue weighted by Crippen LogP contribution is -2.37. The number of benzene rings is 2. The van der Waals surface area contributed by atoms with Crippen molar-refractivity contribution in [3.05, 3.63) is 103 Å². The van der Waals surface area contributed by atoms with Crippen molar-refractivity contribution in [3.63, 3.8) is 0 Å². The fourth-order valence-electron chi connectivity index (χ4n) is 4.33. The van der Waals surface area contributed by atoms with Gasteiger partial charge in [-0.3, -0.25) is 14.5 Å². The molecular formula is C36H53FN2O6. The van der Waals surface area contributed by atoms with Gasteiger partial charge in [0.25, 0.3) is 5.97 Å². The summed E-state index contributed by atoms with van der Waals surface area (Å²) in [6.45, 7) is 17.9. The van der Waals surface area contributed by atoms with Gasteiger partial charge in [-0.2, -0.15) is 0 Å². The predicted octanol–water partition coefficient (Wildman–Crippen LogP) is 6.92. The van der Waals surface area contributed by atoms with Gasteiger partial charge >= 0.3 is 0 Å². The Balaban J connectivity index is 0.00000298. The van der Waals surface area contributed by atoms with E-state index in [0.29, 0.717) is 32.8 Å². The van der Waals surface area contributed by atoms with Crippen LogP contribution in [0.4, 0.5) is 10.1 Å². The number of carbonyl (C=O) groups excluding carboxylic acids is 1. The summed E-state index contributed by atoms with van der Waals surface area (Å²) < 4.78 is 30.7. The molecule has 0 saturated carbocycles. The van der Waals surface area contributed by atoms with Crippen LogP contribution in [0.3, 0.4) is 0 Å². The topological polar surface area (TPSA) is 88.5 Å². The van der Waals surface area contributed by atoms with Gasteiger partial charge in [0, 0.05) is 45.3 Å². The van der Waals surface area contributed by atoms with Gasteiger partial charge in [0.05, 0.1) is 26.4 Å². The zero-order chi connectivity index (χ0) is 33.9. The maximum Gasteiger partial charge on any atom is 0.300 e. The third kappa shape index (κ3) is 20.0. The number of allylic oxidation sites excluding steroid dienone is 1. The van der Waals surface area contributed by atoms with Crippen molar-refractivity contribution in [2.24, 2.45) is 0 Å². The Kier molecular flexibility index (Phi) is 24.4. The van der Waals surface area contributed by atoms with Crippen molar-refractivity contribution < 1.29 is 33.3 Å². The molecule has 0 aromatic heterocycles. The van der Waals surface area contributed by atoms with Crippen LogP contribution in [0.25, 0.3) is 0 Å². The maximum absolute atomic E-state index is 13.4. The second-order valence-corrected chi connectivity index (χ2v) is 9.81. The van der Waals surface area contributed by atoms with Crippen LogP contribution in [0.15, 0.2) is 91.2 Å². The first-order valence-corrected chi connectivity index (χ1v) is 15.3. The first-order chi connectivity index (χ1) is 21.8. The zero-order valence-corrected chi connectivity index (χ0v) is 27.8. The van der Waals surface area contributed by atoms with Gasteiger partial charge in [0.1, 0.15) is 11.6 Å². The normalized spacial score (nSPS) is 11.9. The number of carboxylic acids is 1. The van der Waals surface area contributed by atoms with Crippen molar-refractivity contribution in [2.75, 3.05) is 58.0 Å². The van der Waals surface area contributed by atoms with E-state index in [9.17, 15) is 9.18 Å². The van der Waals surface area contributed by atoms with Crippen molar-refractivity contribution in [2.45, 2.75) is 53.1 Å². The molecule has 8 nitrogen and oxygen atoms in total. The lowest BCUT2D eigenvalue weighted by atomic mass is 10.1. The quantitative estimate of drug-likeness (QED) is 0.0560. The van der Waals surface area contributed by atoms with E-state index in [2.05, 4.69) is 37.1 Å². The van der Waals surface area contributed by atoms with Crippen LogP contribution in [-0.4, -0.2) is 81.6 Å². The second-order valence-electron chi connectivity index (χ2n) is 9.81. The van der Waals surface area contributed by atoms with Crippen molar-refractivity contribution >= 4 is 18.1 Å². The number of ether oxygens (including phenoxy) is 3. The standard InChI is InChI=1S/C32H45FN2O4.C2H4O2.C2H4/c1-5-19-34(20-17-31(39-7-3)25-35(26-36)30-11-9-8-10-12-30)24-28(18-21-38-6-2)23-32(37-4)22-27-13-15-29(33)16-14-27;1-2(3)4;1-2/h8-16,18,23,26,31H,5-7,17,19-22,24-25H2,1-4H3;1H3,(H,3,4);1-2H2/b28-18+,32-23+;;. The number of hydrogen-bond donors (Lipinski definition) is 1. The molecule has 0 spiro atoms. The van der Waals surface area contributed by atoms with E-state index in [1.165, 1.54) is 12.1 Å².